The topological polar surface area (TPSA) is 35.4 Å². The summed E-state index contributed by atoms with van der Waals surface area (Å²) in [6.45, 7) is 0.873. The Morgan fingerprint density at radius 1 is 1.00 bits per heavy atom. The Hall–Kier alpha value is -2.88. The molecule has 0 saturated heterocycles. The molecule has 4 nitrogen and oxygen atoms in total. The molecule has 0 spiro atoms. The van der Waals surface area contributed by atoms with Crippen LogP contribution in [0.1, 0.15) is 5.69 Å². The Labute approximate surface area is 134 Å². The molecular weight excluding hydrogens is 288 g/mol. The Morgan fingerprint density at radius 2 is 1.74 bits per heavy atom. The van der Waals surface area contributed by atoms with Crippen LogP contribution in [0.5, 0.6) is 11.5 Å². The highest BCUT2D eigenvalue weighted by molar-refractivity contribution is 6.02. The number of methoxy groups -OCH3 is 2. The van der Waals surface area contributed by atoms with E-state index in [4.69, 9.17) is 9.47 Å². The van der Waals surface area contributed by atoms with E-state index in [2.05, 4.69) is 34.2 Å². The molecule has 116 valence electrons. The van der Waals surface area contributed by atoms with Crippen LogP contribution in [0.3, 0.4) is 0 Å². The average Bonchev–Trinajstić information content (AvgIpc) is 3.17. The van der Waals surface area contributed by atoms with Crippen LogP contribution in [0.15, 0.2) is 48.5 Å². The number of aromatic nitrogens is 1. The lowest BCUT2D eigenvalue weighted by Gasteiger charge is -2.10. The highest BCUT2D eigenvalue weighted by Crippen LogP contribution is 2.41. The maximum atomic E-state index is 5.47. The molecule has 1 N–H and O–H groups in total. The van der Waals surface area contributed by atoms with Crippen molar-refractivity contribution >= 4 is 28.4 Å². The van der Waals surface area contributed by atoms with Crippen LogP contribution in [0.4, 0.5) is 11.4 Å². The summed E-state index contributed by atoms with van der Waals surface area (Å²) < 4.78 is 13.2. The zero-order valence-corrected chi connectivity index (χ0v) is 13.2. The molecule has 0 saturated carbocycles. The summed E-state index contributed by atoms with van der Waals surface area (Å²) in [4.78, 5) is 0. The second kappa shape index (κ2) is 5.39. The van der Waals surface area contributed by atoms with Gasteiger partial charge in [-0.1, -0.05) is 24.3 Å². The van der Waals surface area contributed by atoms with Gasteiger partial charge in [0.2, 0.25) is 0 Å². The molecule has 2 heterocycles. The van der Waals surface area contributed by atoms with Gasteiger partial charge in [0.1, 0.15) is 0 Å². The summed E-state index contributed by atoms with van der Waals surface area (Å²) in [7, 11) is 3.33. The predicted molar refractivity (Wildman–Crippen MR) is 93.8 cm³/mol. The standard InChI is InChI=1S/C19H18N2O2/c1-22-17-11-14-16(12-18(17)23-2)21-10-6-9-15(21)19(14)20-13-7-4-3-5-8-13/h3-9,11-12,20H,10H2,1-2H3. The normalized spacial score (nSPS) is 12.4. The summed E-state index contributed by atoms with van der Waals surface area (Å²) in [5.74, 6) is 1.49. The SMILES string of the molecule is COc1cc2c(Nc3ccccc3)c3n(c2cc1OC)CC=C3. The number of allylic oxidation sites excluding steroid dienone is 1. The minimum atomic E-state index is 0.740. The molecule has 0 fully saturated rings. The number of hydrogen-bond donors (Lipinski definition) is 1. The van der Waals surface area contributed by atoms with Gasteiger partial charge in [-0.3, -0.25) is 0 Å². The van der Waals surface area contributed by atoms with Crippen molar-refractivity contribution in [1.29, 1.82) is 0 Å². The molecular formula is C19H18N2O2. The second-order valence-electron chi connectivity index (χ2n) is 5.49. The third-order valence-corrected chi connectivity index (χ3v) is 4.22. The van der Waals surface area contributed by atoms with E-state index in [0.29, 0.717) is 0 Å². The molecule has 23 heavy (non-hydrogen) atoms. The van der Waals surface area contributed by atoms with Crippen LogP contribution in [0, 0.1) is 0 Å². The van der Waals surface area contributed by atoms with Crippen molar-refractivity contribution in [3.05, 3.63) is 54.2 Å². The molecule has 0 atom stereocenters. The predicted octanol–water partition coefficient (Wildman–Crippen LogP) is 4.43. The van der Waals surface area contributed by atoms with Crippen LogP contribution in [0.2, 0.25) is 0 Å². The lowest BCUT2D eigenvalue weighted by molar-refractivity contribution is 0.355. The molecule has 3 aromatic rings. The van der Waals surface area contributed by atoms with Crippen LogP contribution in [-0.2, 0) is 6.54 Å². The monoisotopic (exact) mass is 306 g/mol. The first kappa shape index (κ1) is 13.8. The third-order valence-electron chi connectivity index (χ3n) is 4.22. The quantitative estimate of drug-likeness (QED) is 0.774. The fraction of sp³-hybridized carbons (Fsp3) is 0.158. The molecule has 2 aromatic carbocycles. The zero-order valence-electron chi connectivity index (χ0n) is 13.2. The van der Waals surface area contributed by atoms with Gasteiger partial charge in [0.25, 0.3) is 0 Å². The molecule has 1 aliphatic heterocycles. The molecule has 0 amide bonds. The number of hydrogen-bond acceptors (Lipinski definition) is 3. The average molecular weight is 306 g/mol. The van der Waals surface area contributed by atoms with E-state index in [1.54, 1.807) is 14.2 Å². The smallest absolute Gasteiger partial charge is 0.162 e. The fourth-order valence-corrected chi connectivity index (χ4v) is 3.13. The highest BCUT2D eigenvalue weighted by atomic mass is 16.5. The van der Waals surface area contributed by atoms with E-state index in [1.807, 2.05) is 30.3 Å². The van der Waals surface area contributed by atoms with E-state index in [1.165, 1.54) is 5.69 Å². The summed E-state index contributed by atoms with van der Waals surface area (Å²) in [5.41, 5.74) is 4.49. The molecule has 4 heteroatoms. The van der Waals surface area contributed by atoms with Gasteiger partial charge in [-0.05, 0) is 24.3 Å². The third kappa shape index (κ3) is 2.14. The number of ether oxygens (including phenoxy) is 2. The van der Waals surface area contributed by atoms with Crippen molar-refractivity contribution in [3.63, 3.8) is 0 Å². The summed E-state index contributed by atoms with van der Waals surface area (Å²) in [5, 5.41) is 4.68. The minimum absolute atomic E-state index is 0.740. The highest BCUT2D eigenvalue weighted by Gasteiger charge is 2.20. The maximum Gasteiger partial charge on any atom is 0.162 e. The Balaban J connectivity index is 1.94. The first-order valence-electron chi connectivity index (χ1n) is 7.58. The number of fused-ring (bicyclic) bond motifs is 3. The number of rotatable bonds is 4. The van der Waals surface area contributed by atoms with Crippen LogP contribution < -0.4 is 14.8 Å². The van der Waals surface area contributed by atoms with E-state index < -0.39 is 0 Å². The van der Waals surface area contributed by atoms with Crippen molar-refractivity contribution in [2.45, 2.75) is 6.54 Å². The zero-order chi connectivity index (χ0) is 15.8. The Kier molecular flexibility index (Phi) is 3.23. The van der Waals surface area contributed by atoms with Gasteiger partial charge >= 0.3 is 0 Å². The number of anilines is 2. The van der Waals surface area contributed by atoms with Gasteiger partial charge in [0.05, 0.1) is 31.1 Å². The summed E-state index contributed by atoms with van der Waals surface area (Å²) in [6, 6.07) is 14.3. The molecule has 4 rings (SSSR count). The summed E-state index contributed by atoms with van der Waals surface area (Å²) >= 11 is 0. The van der Waals surface area contributed by atoms with E-state index in [0.717, 1.165) is 40.3 Å². The largest absolute Gasteiger partial charge is 0.493 e. The van der Waals surface area contributed by atoms with Crippen molar-refractivity contribution in [2.24, 2.45) is 0 Å². The van der Waals surface area contributed by atoms with Crippen molar-refractivity contribution in [3.8, 4) is 11.5 Å². The molecule has 0 bridgehead atoms. The Bertz CT molecular complexity index is 895. The second-order valence-corrected chi connectivity index (χ2v) is 5.49. The van der Waals surface area contributed by atoms with Gasteiger partial charge in [-0.15, -0.1) is 0 Å². The van der Waals surface area contributed by atoms with E-state index in [-0.39, 0.29) is 0 Å². The molecule has 1 aromatic heterocycles. The van der Waals surface area contributed by atoms with Gasteiger partial charge in [0.15, 0.2) is 11.5 Å². The number of nitrogens with one attached hydrogen (secondary N) is 1. The van der Waals surface area contributed by atoms with Gasteiger partial charge in [-0.25, -0.2) is 0 Å². The van der Waals surface area contributed by atoms with E-state index >= 15 is 0 Å². The maximum absolute atomic E-state index is 5.47. The van der Waals surface area contributed by atoms with Gasteiger partial charge in [0, 0.05) is 23.7 Å². The van der Waals surface area contributed by atoms with Crippen molar-refractivity contribution in [1.82, 2.24) is 4.57 Å². The molecule has 1 aliphatic rings. The van der Waals surface area contributed by atoms with E-state index in [9.17, 15) is 0 Å². The molecule has 0 unspecified atom stereocenters. The lowest BCUT2D eigenvalue weighted by atomic mass is 10.1. The van der Waals surface area contributed by atoms with Gasteiger partial charge < -0.3 is 19.4 Å². The first-order valence-corrected chi connectivity index (χ1v) is 7.58. The minimum Gasteiger partial charge on any atom is -0.493 e. The number of nitrogens with zero attached hydrogens (tertiary/aromatic N) is 1. The van der Waals surface area contributed by atoms with Crippen molar-refractivity contribution < 1.29 is 9.47 Å². The van der Waals surface area contributed by atoms with Gasteiger partial charge in [-0.2, -0.15) is 0 Å². The van der Waals surface area contributed by atoms with Crippen LogP contribution in [-0.4, -0.2) is 18.8 Å². The fourth-order valence-electron chi connectivity index (χ4n) is 3.13. The summed E-state index contributed by atoms with van der Waals surface area (Å²) in [6.07, 6.45) is 4.33. The first-order chi connectivity index (χ1) is 11.3. The van der Waals surface area contributed by atoms with Crippen molar-refractivity contribution in [2.75, 3.05) is 19.5 Å². The number of benzene rings is 2. The van der Waals surface area contributed by atoms with Crippen LogP contribution >= 0.6 is 0 Å². The Morgan fingerprint density at radius 3 is 2.48 bits per heavy atom. The molecule has 0 aliphatic carbocycles. The lowest BCUT2D eigenvalue weighted by Crippen LogP contribution is -1.94. The van der Waals surface area contributed by atoms with Crippen LogP contribution in [0.25, 0.3) is 17.0 Å². The molecule has 0 radical (unpaired) electrons. The number of para-hydroxylation sites is 1.